The standard InChI is InChI=1S/C14H15ClFN3O/c15-12-7-11(16)2-1-10(12)8-19-5-6-20-9-14(19)13-3-4-17-18-13/h1-4,7,14H,5-6,8-9H2,(H,17,18)/t14-/m0/s1. The van der Waals surface area contributed by atoms with E-state index in [0.717, 1.165) is 17.8 Å². The lowest BCUT2D eigenvalue weighted by Gasteiger charge is -2.35. The number of hydrogen-bond acceptors (Lipinski definition) is 3. The molecule has 0 amide bonds. The summed E-state index contributed by atoms with van der Waals surface area (Å²) >= 11 is 6.10. The van der Waals surface area contributed by atoms with Gasteiger partial charge in [-0.2, -0.15) is 5.10 Å². The third-order valence-electron chi connectivity index (χ3n) is 3.51. The van der Waals surface area contributed by atoms with E-state index in [2.05, 4.69) is 15.1 Å². The van der Waals surface area contributed by atoms with Crippen LogP contribution in [0.1, 0.15) is 17.3 Å². The fourth-order valence-electron chi connectivity index (χ4n) is 2.43. The van der Waals surface area contributed by atoms with Gasteiger partial charge in [0.15, 0.2) is 0 Å². The molecule has 2 heterocycles. The minimum absolute atomic E-state index is 0.118. The van der Waals surface area contributed by atoms with Gasteiger partial charge in [0.1, 0.15) is 5.82 Å². The summed E-state index contributed by atoms with van der Waals surface area (Å²) in [6.07, 6.45) is 1.73. The molecule has 1 fully saturated rings. The summed E-state index contributed by atoms with van der Waals surface area (Å²) in [6, 6.07) is 6.58. The van der Waals surface area contributed by atoms with Crippen LogP contribution in [0.2, 0.25) is 5.02 Å². The van der Waals surface area contributed by atoms with E-state index < -0.39 is 0 Å². The molecule has 106 valence electrons. The van der Waals surface area contributed by atoms with Crippen LogP contribution in [-0.4, -0.2) is 34.9 Å². The third-order valence-corrected chi connectivity index (χ3v) is 3.86. The van der Waals surface area contributed by atoms with Gasteiger partial charge in [0, 0.05) is 24.3 Å². The van der Waals surface area contributed by atoms with Gasteiger partial charge in [0.2, 0.25) is 0 Å². The van der Waals surface area contributed by atoms with Gasteiger partial charge in [-0.15, -0.1) is 0 Å². The molecule has 1 atom stereocenters. The zero-order chi connectivity index (χ0) is 13.9. The molecule has 0 spiro atoms. The zero-order valence-corrected chi connectivity index (χ0v) is 11.6. The maximum absolute atomic E-state index is 13.1. The average Bonchev–Trinajstić information content (AvgIpc) is 2.96. The highest BCUT2D eigenvalue weighted by Crippen LogP contribution is 2.27. The average molecular weight is 296 g/mol. The first-order chi connectivity index (χ1) is 9.74. The van der Waals surface area contributed by atoms with Crippen molar-refractivity contribution in [3.05, 3.63) is 52.6 Å². The molecule has 1 aliphatic rings. The largest absolute Gasteiger partial charge is 0.378 e. The van der Waals surface area contributed by atoms with E-state index in [-0.39, 0.29) is 11.9 Å². The number of ether oxygens (including phenoxy) is 1. The van der Waals surface area contributed by atoms with E-state index in [1.165, 1.54) is 12.1 Å². The van der Waals surface area contributed by atoms with Crippen molar-refractivity contribution in [3.8, 4) is 0 Å². The number of halogens is 2. The van der Waals surface area contributed by atoms with Crippen LogP contribution >= 0.6 is 11.6 Å². The molecule has 3 rings (SSSR count). The lowest BCUT2D eigenvalue weighted by atomic mass is 10.1. The number of H-pyrrole nitrogens is 1. The van der Waals surface area contributed by atoms with Crippen molar-refractivity contribution in [2.45, 2.75) is 12.6 Å². The summed E-state index contributed by atoms with van der Waals surface area (Å²) in [7, 11) is 0. The molecule has 0 saturated carbocycles. The molecule has 1 N–H and O–H groups in total. The molecule has 6 heteroatoms. The van der Waals surface area contributed by atoms with Crippen molar-refractivity contribution in [2.24, 2.45) is 0 Å². The van der Waals surface area contributed by atoms with Crippen LogP contribution in [0.5, 0.6) is 0 Å². The third kappa shape index (κ3) is 2.85. The predicted octanol–water partition coefficient (Wildman–Crippen LogP) is 2.78. The lowest BCUT2D eigenvalue weighted by molar-refractivity contribution is -0.0142. The number of morpholine rings is 1. The lowest BCUT2D eigenvalue weighted by Crippen LogP contribution is -2.39. The number of rotatable bonds is 3. The summed E-state index contributed by atoms with van der Waals surface area (Å²) in [6.45, 7) is 2.76. The Morgan fingerprint density at radius 1 is 1.45 bits per heavy atom. The number of benzene rings is 1. The van der Waals surface area contributed by atoms with E-state index in [9.17, 15) is 4.39 Å². The predicted molar refractivity (Wildman–Crippen MR) is 74.0 cm³/mol. The Labute approximate surface area is 121 Å². The van der Waals surface area contributed by atoms with Gasteiger partial charge in [-0.3, -0.25) is 10.00 Å². The quantitative estimate of drug-likeness (QED) is 0.947. The van der Waals surface area contributed by atoms with E-state index >= 15 is 0 Å². The van der Waals surface area contributed by atoms with Crippen molar-refractivity contribution < 1.29 is 9.13 Å². The molecule has 1 aromatic heterocycles. The highest BCUT2D eigenvalue weighted by Gasteiger charge is 2.26. The van der Waals surface area contributed by atoms with Gasteiger partial charge in [0.25, 0.3) is 0 Å². The fraction of sp³-hybridized carbons (Fsp3) is 0.357. The molecule has 2 aromatic rings. The van der Waals surface area contributed by atoms with Gasteiger partial charge in [-0.1, -0.05) is 17.7 Å². The Bertz CT molecular complexity index is 576. The summed E-state index contributed by atoms with van der Waals surface area (Å²) in [5.41, 5.74) is 1.93. The topological polar surface area (TPSA) is 41.1 Å². The van der Waals surface area contributed by atoms with Gasteiger partial charge in [0.05, 0.1) is 24.9 Å². The zero-order valence-electron chi connectivity index (χ0n) is 10.9. The maximum atomic E-state index is 13.1. The van der Waals surface area contributed by atoms with Crippen LogP contribution in [0.3, 0.4) is 0 Å². The molecule has 4 nitrogen and oxygen atoms in total. The van der Waals surface area contributed by atoms with Gasteiger partial charge in [-0.25, -0.2) is 4.39 Å². The van der Waals surface area contributed by atoms with Crippen LogP contribution < -0.4 is 0 Å². The van der Waals surface area contributed by atoms with Crippen LogP contribution in [0.4, 0.5) is 4.39 Å². The molecular formula is C14H15ClFN3O. The molecule has 0 radical (unpaired) electrons. The second-order valence-electron chi connectivity index (χ2n) is 4.81. The van der Waals surface area contributed by atoms with Gasteiger partial charge >= 0.3 is 0 Å². The molecule has 0 bridgehead atoms. The fourth-order valence-corrected chi connectivity index (χ4v) is 2.66. The highest BCUT2D eigenvalue weighted by molar-refractivity contribution is 6.31. The number of nitrogens with zero attached hydrogens (tertiary/aromatic N) is 2. The number of nitrogens with one attached hydrogen (secondary N) is 1. The SMILES string of the molecule is Fc1ccc(CN2CCOC[C@H]2c2ccn[nH]2)c(Cl)c1. The highest BCUT2D eigenvalue weighted by atomic mass is 35.5. The first-order valence-electron chi connectivity index (χ1n) is 6.49. The summed E-state index contributed by atoms with van der Waals surface area (Å²) in [4.78, 5) is 2.26. The van der Waals surface area contributed by atoms with Gasteiger partial charge < -0.3 is 4.74 Å². The van der Waals surface area contributed by atoms with Crippen molar-refractivity contribution in [2.75, 3.05) is 19.8 Å². The Balaban J connectivity index is 1.80. The van der Waals surface area contributed by atoms with Crippen LogP contribution in [0.25, 0.3) is 0 Å². The van der Waals surface area contributed by atoms with Crippen LogP contribution in [0, 0.1) is 5.82 Å². The number of aromatic amines is 1. The Morgan fingerprint density at radius 3 is 3.10 bits per heavy atom. The van der Waals surface area contributed by atoms with Crippen molar-refractivity contribution >= 4 is 11.6 Å². The minimum Gasteiger partial charge on any atom is -0.378 e. The minimum atomic E-state index is -0.314. The molecule has 0 unspecified atom stereocenters. The van der Waals surface area contributed by atoms with E-state index in [1.807, 2.05) is 6.07 Å². The number of aromatic nitrogens is 2. The number of hydrogen-bond donors (Lipinski definition) is 1. The molecule has 1 saturated heterocycles. The molecular weight excluding hydrogens is 281 g/mol. The van der Waals surface area contributed by atoms with Crippen LogP contribution in [-0.2, 0) is 11.3 Å². The second kappa shape index (κ2) is 5.91. The summed E-state index contributed by atoms with van der Waals surface area (Å²) in [5.74, 6) is -0.314. The van der Waals surface area contributed by atoms with E-state index in [4.69, 9.17) is 16.3 Å². The first-order valence-corrected chi connectivity index (χ1v) is 6.87. The van der Waals surface area contributed by atoms with Gasteiger partial charge in [-0.05, 0) is 23.8 Å². The monoisotopic (exact) mass is 295 g/mol. The Hall–Kier alpha value is -1.43. The summed E-state index contributed by atoms with van der Waals surface area (Å²) in [5, 5.41) is 7.43. The van der Waals surface area contributed by atoms with E-state index in [1.54, 1.807) is 12.3 Å². The molecule has 1 aliphatic heterocycles. The molecule has 20 heavy (non-hydrogen) atoms. The Kier molecular flexibility index (Phi) is 4.00. The molecule has 0 aliphatic carbocycles. The normalized spacial score (nSPS) is 20.2. The van der Waals surface area contributed by atoms with Crippen molar-refractivity contribution in [1.29, 1.82) is 0 Å². The smallest absolute Gasteiger partial charge is 0.124 e. The maximum Gasteiger partial charge on any atom is 0.124 e. The Morgan fingerprint density at radius 2 is 2.35 bits per heavy atom. The second-order valence-corrected chi connectivity index (χ2v) is 5.22. The van der Waals surface area contributed by atoms with Crippen LogP contribution in [0.15, 0.2) is 30.5 Å². The first kappa shape index (κ1) is 13.5. The molecule has 1 aromatic carbocycles. The summed E-state index contributed by atoms with van der Waals surface area (Å²) < 4.78 is 18.6. The van der Waals surface area contributed by atoms with E-state index in [0.29, 0.717) is 24.8 Å². The van der Waals surface area contributed by atoms with Crippen molar-refractivity contribution in [1.82, 2.24) is 15.1 Å². The van der Waals surface area contributed by atoms with Crippen molar-refractivity contribution in [3.63, 3.8) is 0 Å².